The van der Waals surface area contributed by atoms with Gasteiger partial charge in [0.1, 0.15) is 11.6 Å². The summed E-state index contributed by atoms with van der Waals surface area (Å²) in [4.78, 5) is 26.8. The summed E-state index contributed by atoms with van der Waals surface area (Å²) in [6, 6.07) is 12.3. The predicted octanol–water partition coefficient (Wildman–Crippen LogP) is 3.95. The molecule has 2 aromatic carbocycles. The number of piperazine rings is 1. The number of hydrogen-bond acceptors (Lipinski definition) is 10. The van der Waals surface area contributed by atoms with Crippen LogP contribution in [0.5, 0.6) is 23.0 Å². The quantitative estimate of drug-likeness (QED) is 0.293. The van der Waals surface area contributed by atoms with Gasteiger partial charge in [-0.3, -0.25) is 4.90 Å². The molecule has 1 amide bonds. The maximum atomic E-state index is 12.1. The molecule has 1 aromatic heterocycles. The third-order valence-electron chi connectivity index (χ3n) is 6.80. The topological polar surface area (TPSA) is 122 Å². The number of amides is 1. The standard InChI is InChI=1S/C29H38N6O6/c1-33-12-14-34(15-13-33)11-6-16-41-25-19-22(18-24(39-3)27(25)40-4)31-28-30-10-9-26(32-28)35(29(36)37)20-21-7-5-8-23(17-21)38-2/h5,7-10,17-19H,6,11-16,20H2,1-4H3,(H,36,37)(H,30,31,32). The highest BCUT2D eigenvalue weighted by molar-refractivity contribution is 5.84. The van der Waals surface area contributed by atoms with Crippen molar-refractivity contribution in [1.29, 1.82) is 0 Å². The molecule has 2 N–H and O–H groups in total. The molecule has 1 aliphatic heterocycles. The van der Waals surface area contributed by atoms with Crippen molar-refractivity contribution in [3.05, 3.63) is 54.2 Å². The summed E-state index contributed by atoms with van der Waals surface area (Å²) >= 11 is 0. The molecule has 12 heteroatoms. The van der Waals surface area contributed by atoms with Gasteiger partial charge in [-0.1, -0.05) is 12.1 Å². The number of hydrogen-bond donors (Lipinski definition) is 2. The van der Waals surface area contributed by atoms with Gasteiger partial charge in [-0.2, -0.15) is 4.98 Å². The van der Waals surface area contributed by atoms with E-state index in [1.165, 1.54) is 6.20 Å². The zero-order chi connectivity index (χ0) is 29.2. The van der Waals surface area contributed by atoms with Crippen molar-refractivity contribution in [3.63, 3.8) is 0 Å². The molecule has 4 rings (SSSR count). The largest absolute Gasteiger partial charge is 0.497 e. The lowest BCUT2D eigenvalue weighted by Gasteiger charge is -2.32. The molecule has 41 heavy (non-hydrogen) atoms. The number of aromatic nitrogens is 2. The molecule has 220 valence electrons. The van der Waals surface area contributed by atoms with Gasteiger partial charge in [0.05, 0.1) is 34.5 Å². The van der Waals surface area contributed by atoms with Gasteiger partial charge < -0.3 is 39.2 Å². The molecule has 3 aromatic rings. The summed E-state index contributed by atoms with van der Waals surface area (Å²) < 4.78 is 22.5. The van der Waals surface area contributed by atoms with Gasteiger partial charge in [0.2, 0.25) is 11.7 Å². The number of benzene rings is 2. The fourth-order valence-electron chi connectivity index (χ4n) is 4.54. The van der Waals surface area contributed by atoms with E-state index in [-0.39, 0.29) is 18.3 Å². The Morgan fingerprint density at radius 1 is 1.02 bits per heavy atom. The first kappa shape index (κ1) is 29.7. The Hall–Kier alpha value is -4.29. The first-order valence-corrected chi connectivity index (χ1v) is 13.4. The highest BCUT2D eigenvalue weighted by Crippen LogP contribution is 2.40. The number of carboxylic acid groups (broad SMARTS) is 1. The minimum atomic E-state index is -1.14. The van der Waals surface area contributed by atoms with Gasteiger partial charge in [0.25, 0.3) is 0 Å². The molecule has 0 aliphatic carbocycles. The van der Waals surface area contributed by atoms with Crippen LogP contribution in [0.15, 0.2) is 48.7 Å². The predicted molar refractivity (Wildman–Crippen MR) is 156 cm³/mol. The molecule has 0 atom stereocenters. The number of nitrogens with zero attached hydrogens (tertiary/aromatic N) is 5. The van der Waals surface area contributed by atoms with Gasteiger partial charge >= 0.3 is 6.09 Å². The number of carbonyl (C=O) groups is 1. The summed E-state index contributed by atoms with van der Waals surface area (Å²) in [7, 11) is 6.83. The van der Waals surface area contributed by atoms with Crippen LogP contribution in [0.1, 0.15) is 12.0 Å². The zero-order valence-electron chi connectivity index (χ0n) is 24.0. The molecule has 0 saturated carbocycles. The van der Waals surface area contributed by atoms with Gasteiger partial charge in [-0.15, -0.1) is 0 Å². The minimum Gasteiger partial charge on any atom is -0.497 e. The first-order valence-electron chi connectivity index (χ1n) is 13.4. The fraction of sp³-hybridized carbons (Fsp3) is 0.414. The Kier molecular flexibility index (Phi) is 10.4. The number of ether oxygens (including phenoxy) is 4. The lowest BCUT2D eigenvalue weighted by Crippen LogP contribution is -2.44. The number of anilines is 3. The second-order valence-corrected chi connectivity index (χ2v) is 9.64. The van der Waals surface area contributed by atoms with Crippen LogP contribution in [0.4, 0.5) is 22.2 Å². The van der Waals surface area contributed by atoms with Crippen LogP contribution >= 0.6 is 0 Å². The van der Waals surface area contributed by atoms with Crippen molar-refractivity contribution in [2.75, 3.05) is 77.9 Å². The lowest BCUT2D eigenvalue weighted by atomic mass is 10.2. The smallest absolute Gasteiger partial charge is 0.413 e. The number of likely N-dealkylation sites (N-methyl/N-ethyl adjacent to an activating group) is 1. The SMILES string of the molecule is COc1cccc(CN(C(=O)O)c2ccnc(Nc3cc(OC)c(OC)c(OCCCN4CCN(C)CC4)c3)n2)c1. The number of nitrogens with one attached hydrogen (secondary N) is 1. The van der Waals surface area contributed by atoms with Crippen LogP contribution in [0.25, 0.3) is 0 Å². The number of methoxy groups -OCH3 is 3. The Morgan fingerprint density at radius 3 is 2.51 bits per heavy atom. The molecule has 0 spiro atoms. The third kappa shape index (κ3) is 8.12. The van der Waals surface area contributed by atoms with Gasteiger partial charge in [-0.05, 0) is 37.2 Å². The minimum absolute atomic E-state index is 0.0888. The van der Waals surface area contributed by atoms with Crippen molar-refractivity contribution in [2.24, 2.45) is 0 Å². The molecule has 0 radical (unpaired) electrons. The Morgan fingerprint density at radius 2 is 1.80 bits per heavy atom. The van der Waals surface area contributed by atoms with Crippen molar-refractivity contribution in [3.8, 4) is 23.0 Å². The van der Waals surface area contributed by atoms with E-state index in [9.17, 15) is 9.90 Å². The van der Waals surface area contributed by atoms with Crippen molar-refractivity contribution < 1.29 is 28.8 Å². The molecule has 1 saturated heterocycles. The second kappa shape index (κ2) is 14.4. The lowest BCUT2D eigenvalue weighted by molar-refractivity contribution is 0.145. The van der Waals surface area contributed by atoms with E-state index in [4.69, 9.17) is 18.9 Å². The third-order valence-corrected chi connectivity index (χ3v) is 6.80. The van der Waals surface area contributed by atoms with Crippen LogP contribution in [-0.4, -0.2) is 98.7 Å². The van der Waals surface area contributed by atoms with Crippen molar-refractivity contribution in [2.45, 2.75) is 13.0 Å². The van der Waals surface area contributed by atoms with E-state index < -0.39 is 6.09 Å². The van der Waals surface area contributed by atoms with E-state index >= 15 is 0 Å². The molecule has 0 bridgehead atoms. The Bertz CT molecular complexity index is 1300. The Labute approximate surface area is 240 Å². The van der Waals surface area contributed by atoms with E-state index in [0.717, 1.165) is 49.6 Å². The Balaban J connectivity index is 1.47. The second-order valence-electron chi connectivity index (χ2n) is 9.64. The average Bonchev–Trinajstić information content (AvgIpc) is 2.98. The molecule has 12 nitrogen and oxygen atoms in total. The van der Waals surface area contributed by atoms with Crippen molar-refractivity contribution >= 4 is 23.5 Å². The zero-order valence-corrected chi connectivity index (χ0v) is 24.0. The van der Waals surface area contributed by atoms with Gasteiger partial charge in [-0.25, -0.2) is 9.78 Å². The van der Waals surface area contributed by atoms with Crippen LogP contribution in [0.3, 0.4) is 0 Å². The highest BCUT2D eigenvalue weighted by Gasteiger charge is 2.19. The summed E-state index contributed by atoms with van der Waals surface area (Å²) in [5, 5.41) is 13.1. The highest BCUT2D eigenvalue weighted by atomic mass is 16.5. The maximum Gasteiger partial charge on any atom is 0.413 e. The van der Waals surface area contributed by atoms with Gasteiger partial charge in [0.15, 0.2) is 11.5 Å². The molecule has 0 unspecified atom stereocenters. The summed E-state index contributed by atoms with van der Waals surface area (Å²) in [5.74, 6) is 2.57. The summed E-state index contributed by atoms with van der Waals surface area (Å²) in [6.07, 6.45) is 1.23. The van der Waals surface area contributed by atoms with Crippen molar-refractivity contribution in [1.82, 2.24) is 19.8 Å². The normalized spacial score (nSPS) is 13.9. The first-order chi connectivity index (χ1) is 19.9. The monoisotopic (exact) mass is 566 g/mol. The summed E-state index contributed by atoms with van der Waals surface area (Å²) in [5.41, 5.74) is 1.36. The van der Waals surface area contributed by atoms with Crippen LogP contribution in [0.2, 0.25) is 0 Å². The van der Waals surface area contributed by atoms with Crippen LogP contribution < -0.4 is 29.2 Å². The molecule has 2 heterocycles. The van der Waals surface area contributed by atoms with Crippen LogP contribution in [-0.2, 0) is 6.54 Å². The summed E-state index contributed by atoms with van der Waals surface area (Å²) in [6.45, 7) is 5.84. The fourth-order valence-corrected chi connectivity index (χ4v) is 4.54. The van der Waals surface area contributed by atoms with E-state index in [1.807, 2.05) is 12.1 Å². The molecule has 1 aliphatic rings. The molecular weight excluding hydrogens is 528 g/mol. The van der Waals surface area contributed by atoms with Gasteiger partial charge in [0, 0.05) is 56.7 Å². The average molecular weight is 567 g/mol. The van der Waals surface area contributed by atoms with E-state index in [1.54, 1.807) is 51.7 Å². The van der Waals surface area contributed by atoms with Crippen LogP contribution in [0, 0.1) is 0 Å². The molecular formula is C29H38N6O6. The van der Waals surface area contributed by atoms with E-state index in [0.29, 0.717) is 35.3 Å². The maximum absolute atomic E-state index is 12.1. The van der Waals surface area contributed by atoms with E-state index in [2.05, 4.69) is 32.1 Å². The molecule has 1 fully saturated rings. The number of rotatable bonds is 13.